The lowest BCUT2D eigenvalue weighted by atomic mass is 10.2. The molecule has 0 aliphatic rings. The highest BCUT2D eigenvalue weighted by Crippen LogP contribution is 2.19. The summed E-state index contributed by atoms with van der Waals surface area (Å²) in [6.45, 7) is 0. The Bertz CT molecular complexity index is 490. The predicted molar refractivity (Wildman–Crippen MR) is 48.9 cm³/mol. The molecule has 2 rings (SSSR count). The van der Waals surface area contributed by atoms with Gasteiger partial charge in [-0.3, -0.25) is 0 Å². The summed E-state index contributed by atoms with van der Waals surface area (Å²) < 4.78 is 17.5. The molecule has 15 heavy (non-hydrogen) atoms. The van der Waals surface area contributed by atoms with Crippen molar-refractivity contribution in [3.63, 3.8) is 0 Å². The van der Waals surface area contributed by atoms with Gasteiger partial charge in [0.2, 0.25) is 11.7 Å². The Morgan fingerprint density at radius 2 is 2.00 bits per heavy atom. The van der Waals surface area contributed by atoms with E-state index in [1.807, 2.05) is 0 Å². The molecule has 0 amide bonds. The Morgan fingerprint density at radius 3 is 2.53 bits per heavy atom. The fourth-order valence-corrected chi connectivity index (χ4v) is 1.10. The van der Waals surface area contributed by atoms with Crippen molar-refractivity contribution in [2.24, 2.45) is 0 Å². The van der Waals surface area contributed by atoms with Gasteiger partial charge >= 0.3 is 5.97 Å². The standard InChI is InChI=1S/C10H6FNO3/c11-7-3-1-6(2-4-7)9-12-5-8(15-9)10(13)14/h1-5H,(H,13,14). The topological polar surface area (TPSA) is 63.3 Å². The van der Waals surface area contributed by atoms with Crippen LogP contribution in [0.25, 0.3) is 11.5 Å². The summed E-state index contributed by atoms with van der Waals surface area (Å²) in [7, 11) is 0. The molecular formula is C10H6FNO3. The Hall–Kier alpha value is -2.17. The highest BCUT2D eigenvalue weighted by molar-refractivity contribution is 5.84. The number of aromatic carboxylic acids is 1. The molecule has 0 aliphatic carbocycles. The molecule has 1 N–H and O–H groups in total. The number of rotatable bonds is 2. The fourth-order valence-electron chi connectivity index (χ4n) is 1.10. The minimum Gasteiger partial charge on any atom is -0.475 e. The maximum atomic E-state index is 12.6. The van der Waals surface area contributed by atoms with Gasteiger partial charge in [0.1, 0.15) is 5.82 Å². The van der Waals surface area contributed by atoms with Gasteiger partial charge in [0, 0.05) is 5.56 Å². The second kappa shape index (κ2) is 3.53. The summed E-state index contributed by atoms with van der Waals surface area (Å²) in [6.07, 6.45) is 1.11. The zero-order valence-corrected chi connectivity index (χ0v) is 7.48. The Labute approximate surface area is 84.0 Å². The SMILES string of the molecule is O=C(O)c1cnc(-c2ccc(F)cc2)o1. The third-order valence-electron chi connectivity index (χ3n) is 1.81. The first kappa shape index (κ1) is 9.39. The maximum absolute atomic E-state index is 12.6. The van der Waals surface area contributed by atoms with Gasteiger partial charge in [-0.1, -0.05) is 0 Å². The molecule has 0 atom stereocenters. The first-order valence-corrected chi connectivity index (χ1v) is 4.12. The number of carboxylic acid groups (broad SMARTS) is 1. The van der Waals surface area contributed by atoms with Crippen molar-refractivity contribution in [2.75, 3.05) is 0 Å². The van der Waals surface area contributed by atoms with Crippen LogP contribution in [0.15, 0.2) is 34.9 Å². The number of nitrogens with zero attached hydrogens (tertiary/aromatic N) is 1. The largest absolute Gasteiger partial charge is 0.475 e. The van der Waals surface area contributed by atoms with Gasteiger partial charge in [0.05, 0.1) is 6.20 Å². The molecule has 0 saturated carbocycles. The van der Waals surface area contributed by atoms with Crippen LogP contribution >= 0.6 is 0 Å². The molecule has 4 nitrogen and oxygen atoms in total. The number of hydrogen-bond acceptors (Lipinski definition) is 3. The lowest BCUT2D eigenvalue weighted by Crippen LogP contribution is -1.91. The van der Waals surface area contributed by atoms with Crippen LogP contribution < -0.4 is 0 Å². The number of carboxylic acids is 1. The van der Waals surface area contributed by atoms with Crippen molar-refractivity contribution >= 4 is 5.97 Å². The van der Waals surface area contributed by atoms with Crippen LogP contribution in [0.2, 0.25) is 0 Å². The molecule has 1 aromatic heterocycles. The lowest BCUT2D eigenvalue weighted by Gasteiger charge is -1.93. The second-order valence-corrected chi connectivity index (χ2v) is 2.84. The molecule has 5 heteroatoms. The molecule has 0 radical (unpaired) electrons. The Balaban J connectivity index is 2.37. The second-order valence-electron chi connectivity index (χ2n) is 2.84. The van der Waals surface area contributed by atoms with Gasteiger partial charge in [0.25, 0.3) is 0 Å². The third-order valence-corrected chi connectivity index (χ3v) is 1.81. The number of carbonyl (C=O) groups is 1. The van der Waals surface area contributed by atoms with Crippen molar-refractivity contribution in [3.05, 3.63) is 42.0 Å². The molecule has 0 unspecified atom stereocenters. The highest BCUT2D eigenvalue weighted by Gasteiger charge is 2.11. The minimum absolute atomic E-state index is 0.160. The quantitative estimate of drug-likeness (QED) is 0.819. The zero-order chi connectivity index (χ0) is 10.8. The normalized spacial score (nSPS) is 10.2. The van der Waals surface area contributed by atoms with E-state index in [0.29, 0.717) is 5.56 Å². The van der Waals surface area contributed by atoms with Crippen LogP contribution in [-0.4, -0.2) is 16.1 Å². The molecule has 0 aliphatic heterocycles. The van der Waals surface area contributed by atoms with Crippen LogP contribution in [-0.2, 0) is 0 Å². The van der Waals surface area contributed by atoms with Crippen molar-refractivity contribution in [2.45, 2.75) is 0 Å². The van der Waals surface area contributed by atoms with Gasteiger partial charge in [-0.05, 0) is 24.3 Å². The average molecular weight is 207 g/mol. The van der Waals surface area contributed by atoms with Crippen molar-refractivity contribution < 1.29 is 18.7 Å². The van der Waals surface area contributed by atoms with E-state index in [2.05, 4.69) is 4.98 Å². The van der Waals surface area contributed by atoms with Gasteiger partial charge in [-0.2, -0.15) is 0 Å². The van der Waals surface area contributed by atoms with Crippen molar-refractivity contribution in [3.8, 4) is 11.5 Å². The van der Waals surface area contributed by atoms with Crippen LogP contribution in [0.4, 0.5) is 4.39 Å². The monoisotopic (exact) mass is 207 g/mol. The third kappa shape index (κ3) is 1.85. The van der Waals surface area contributed by atoms with Gasteiger partial charge in [-0.25, -0.2) is 14.2 Å². The van der Waals surface area contributed by atoms with E-state index in [-0.39, 0.29) is 17.5 Å². The smallest absolute Gasteiger partial charge is 0.373 e. The van der Waals surface area contributed by atoms with E-state index in [0.717, 1.165) is 6.20 Å². The van der Waals surface area contributed by atoms with E-state index in [4.69, 9.17) is 9.52 Å². The van der Waals surface area contributed by atoms with Crippen LogP contribution in [0.5, 0.6) is 0 Å². The summed E-state index contributed by atoms with van der Waals surface area (Å²) in [5.41, 5.74) is 0.531. The average Bonchev–Trinajstić information content (AvgIpc) is 2.68. The first-order chi connectivity index (χ1) is 7.16. The van der Waals surface area contributed by atoms with Crippen LogP contribution in [0.3, 0.4) is 0 Å². The molecule has 1 aromatic carbocycles. The van der Waals surface area contributed by atoms with Crippen molar-refractivity contribution in [1.82, 2.24) is 4.98 Å². The van der Waals surface area contributed by atoms with E-state index in [1.54, 1.807) is 0 Å². The molecule has 0 saturated heterocycles. The molecule has 0 fully saturated rings. The summed E-state index contributed by atoms with van der Waals surface area (Å²) in [4.78, 5) is 14.3. The number of benzene rings is 1. The molecule has 0 bridgehead atoms. The zero-order valence-electron chi connectivity index (χ0n) is 7.48. The van der Waals surface area contributed by atoms with Gasteiger partial charge in [0.15, 0.2) is 0 Å². The lowest BCUT2D eigenvalue weighted by molar-refractivity contribution is 0.0663. The summed E-state index contributed by atoms with van der Waals surface area (Å²) in [6, 6.07) is 5.43. The van der Waals surface area contributed by atoms with E-state index < -0.39 is 5.97 Å². The maximum Gasteiger partial charge on any atom is 0.373 e. The van der Waals surface area contributed by atoms with E-state index in [1.165, 1.54) is 24.3 Å². The predicted octanol–water partition coefficient (Wildman–Crippen LogP) is 2.18. The summed E-state index contributed by atoms with van der Waals surface area (Å²) >= 11 is 0. The fraction of sp³-hybridized carbons (Fsp3) is 0. The Kier molecular flexibility index (Phi) is 2.21. The number of hydrogen-bond donors (Lipinski definition) is 1. The molecule has 76 valence electrons. The minimum atomic E-state index is -1.18. The number of halogens is 1. The Morgan fingerprint density at radius 1 is 1.33 bits per heavy atom. The number of aromatic nitrogens is 1. The summed E-state index contributed by atoms with van der Waals surface area (Å²) in [5, 5.41) is 8.60. The molecule has 1 heterocycles. The van der Waals surface area contributed by atoms with Gasteiger partial charge < -0.3 is 9.52 Å². The van der Waals surface area contributed by atoms with Crippen LogP contribution in [0.1, 0.15) is 10.6 Å². The number of oxazole rings is 1. The molecule has 0 spiro atoms. The van der Waals surface area contributed by atoms with Gasteiger partial charge in [-0.15, -0.1) is 0 Å². The van der Waals surface area contributed by atoms with Crippen LogP contribution in [0, 0.1) is 5.82 Å². The van der Waals surface area contributed by atoms with E-state index >= 15 is 0 Å². The molecule has 2 aromatic rings. The molecular weight excluding hydrogens is 201 g/mol. The first-order valence-electron chi connectivity index (χ1n) is 4.12. The summed E-state index contributed by atoms with van der Waals surface area (Å²) in [5.74, 6) is -1.64. The van der Waals surface area contributed by atoms with E-state index in [9.17, 15) is 9.18 Å². The van der Waals surface area contributed by atoms with Crippen molar-refractivity contribution in [1.29, 1.82) is 0 Å². The highest BCUT2D eigenvalue weighted by atomic mass is 19.1.